The number of piperidine rings is 1. The molecule has 0 bridgehead atoms. The van der Waals surface area contributed by atoms with Crippen LogP contribution < -0.4 is 5.32 Å². The van der Waals surface area contributed by atoms with Gasteiger partial charge in [0.2, 0.25) is 5.91 Å². The maximum absolute atomic E-state index is 12.7. The van der Waals surface area contributed by atoms with Crippen molar-refractivity contribution in [3.05, 3.63) is 29.8 Å². The topological polar surface area (TPSA) is 78.8 Å². The molecule has 3 aliphatic rings. The maximum atomic E-state index is 12.7. The molecule has 2 unspecified atom stereocenters. The minimum absolute atomic E-state index is 0.00392. The van der Waals surface area contributed by atoms with Crippen molar-refractivity contribution in [3.63, 3.8) is 0 Å². The summed E-state index contributed by atoms with van der Waals surface area (Å²) in [6.07, 6.45) is 6.19. The number of likely N-dealkylation sites (tertiary alicyclic amines) is 1. The zero-order chi connectivity index (χ0) is 19.0. The Morgan fingerprint density at radius 3 is 2.56 bits per heavy atom. The minimum Gasteiger partial charge on any atom is -0.355 e. The molecule has 1 amide bonds. The van der Waals surface area contributed by atoms with E-state index in [1.807, 2.05) is 17.0 Å². The molecule has 2 aliphatic heterocycles. The molecule has 6 nitrogen and oxygen atoms in total. The van der Waals surface area contributed by atoms with Gasteiger partial charge in [-0.15, -0.1) is 4.40 Å². The Morgan fingerprint density at radius 1 is 1.11 bits per heavy atom. The van der Waals surface area contributed by atoms with Crippen LogP contribution in [0.4, 0.5) is 0 Å². The number of hydrogen-bond acceptors (Lipinski definition) is 4. The lowest BCUT2D eigenvalue weighted by molar-refractivity contribution is -0.127. The molecule has 0 aromatic heterocycles. The van der Waals surface area contributed by atoms with Gasteiger partial charge in [0.05, 0.1) is 0 Å². The van der Waals surface area contributed by atoms with Crippen LogP contribution in [0.1, 0.15) is 51.0 Å². The van der Waals surface area contributed by atoms with Gasteiger partial charge in [-0.3, -0.25) is 4.79 Å². The number of nitrogens with one attached hydrogen (secondary N) is 1. The van der Waals surface area contributed by atoms with E-state index < -0.39 is 10.0 Å². The predicted molar refractivity (Wildman–Crippen MR) is 104 cm³/mol. The molecule has 1 aromatic rings. The SMILES string of the molecule is CC1CCCCC1NC(=O)C1CCN(C2=NS(=O)(=O)c3ccccc32)CC1. The van der Waals surface area contributed by atoms with Gasteiger partial charge in [-0.25, -0.2) is 0 Å². The number of amides is 1. The van der Waals surface area contributed by atoms with Gasteiger partial charge in [0.25, 0.3) is 10.0 Å². The van der Waals surface area contributed by atoms with E-state index >= 15 is 0 Å². The predicted octanol–water partition coefficient (Wildman–Crippen LogP) is 2.54. The molecule has 146 valence electrons. The van der Waals surface area contributed by atoms with E-state index in [9.17, 15) is 13.2 Å². The second kappa shape index (κ2) is 7.26. The smallest absolute Gasteiger partial charge is 0.285 e. The van der Waals surface area contributed by atoms with Crippen LogP contribution in [0.15, 0.2) is 33.6 Å². The molecule has 2 atom stereocenters. The van der Waals surface area contributed by atoms with Crippen molar-refractivity contribution < 1.29 is 13.2 Å². The largest absolute Gasteiger partial charge is 0.355 e. The standard InChI is InChI=1S/C20H27N3O3S/c1-14-6-2-4-8-17(14)21-20(24)15-10-12-23(13-11-15)19-16-7-3-5-9-18(16)27(25,26)22-19/h3,5,7,9,14-15,17H,2,4,6,8,10-13H2,1H3,(H,21,24). The van der Waals surface area contributed by atoms with E-state index in [-0.39, 0.29) is 16.7 Å². The molecule has 1 aromatic carbocycles. The highest BCUT2D eigenvalue weighted by Crippen LogP contribution is 2.30. The van der Waals surface area contributed by atoms with E-state index in [1.54, 1.807) is 12.1 Å². The molecule has 1 saturated heterocycles. The molecule has 4 rings (SSSR count). The summed E-state index contributed by atoms with van der Waals surface area (Å²) in [4.78, 5) is 15.0. The molecule has 0 spiro atoms. The summed E-state index contributed by atoms with van der Waals surface area (Å²) in [5, 5.41) is 3.27. The van der Waals surface area contributed by atoms with Gasteiger partial charge >= 0.3 is 0 Å². The number of sulfonamides is 1. The average Bonchev–Trinajstić information content (AvgIpc) is 2.95. The molecule has 1 N–H and O–H groups in total. The number of fused-ring (bicyclic) bond motifs is 1. The summed E-state index contributed by atoms with van der Waals surface area (Å²) in [7, 11) is -3.59. The molecule has 2 fully saturated rings. The van der Waals surface area contributed by atoms with Crippen molar-refractivity contribution in [3.8, 4) is 0 Å². The molecule has 1 aliphatic carbocycles. The van der Waals surface area contributed by atoms with Gasteiger partial charge in [-0.05, 0) is 43.7 Å². The van der Waals surface area contributed by atoms with Crippen molar-refractivity contribution in [2.75, 3.05) is 13.1 Å². The van der Waals surface area contributed by atoms with E-state index in [0.29, 0.717) is 36.4 Å². The van der Waals surface area contributed by atoms with Crippen LogP contribution in [-0.4, -0.2) is 44.2 Å². The molecule has 7 heteroatoms. The van der Waals surface area contributed by atoms with Gasteiger partial charge in [0.15, 0.2) is 5.84 Å². The van der Waals surface area contributed by atoms with Gasteiger partial charge in [0.1, 0.15) is 4.90 Å². The third kappa shape index (κ3) is 3.61. The average molecular weight is 390 g/mol. The third-order valence-electron chi connectivity index (χ3n) is 6.22. The first-order valence-electron chi connectivity index (χ1n) is 9.95. The number of carbonyl (C=O) groups excluding carboxylic acids is 1. The molecular weight excluding hydrogens is 362 g/mol. The van der Waals surface area contributed by atoms with E-state index in [1.165, 1.54) is 19.3 Å². The fraction of sp³-hybridized carbons (Fsp3) is 0.600. The summed E-state index contributed by atoms with van der Waals surface area (Å²) in [5.41, 5.74) is 0.677. The zero-order valence-corrected chi connectivity index (χ0v) is 16.5. The van der Waals surface area contributed by atoms with E-state index in [4.69, 9.17) is 0 Å². The first kappa shape index (κ1) is 18.5. The zero-order valence-electron chi connectivity index (χ0n) is 15.7. The normalized spacial score (nSPS) is 27.7. The van der Waals surface area contributed by atoms with Crippen molar-refractivity contribution in [2.45, 2.75) is 56.4 Å². The second-order valence-corrected chi connectivity index (χ2v) is 9.60. The number of nitrogens with zero attached hydrogens (tertiary/aromatic N) is 2. The summed E-state index contributed by atoms with van der Waals surface area (Å²) in [5.74, 6) is 1.25. The van der Waals surface area contributed by atoms with Crippen LogP contribution in [0.5, 0.6) is 0 Å². The highest BCUT2D eigenvalue weighted by molar-refractivity contribution is 7.90. The lowest BCUT2D eigenvalue weighted by atomic mass is 9.85. The van der Waals surface area contributed by atoms with Crippen LogP contribution in [0.2, 0.25) is 0 Å². The number of benzene rings is 1. The summed E-state index contributed by atoms with van der Waals surface area (Å²) in [6, 6.07) is 7.27. The second-order valence-electron chi connectivity index (χ2n) is 8.02. The Hall–Kier alpha value is -1.89. The maximum Gasteiger partial charge on any atom is 0.285 e. The molecular formula is C20H27N3O3S. The lowest BCUT2D eigenvalue weighted by Crippen LogP contribution is -2.47. The Bertz CT molecular complexity index is 857. The van der Waals surface area contributed by atoms with Gasteiger partial charge in [-0.1, -0.05) is 31.9 Å². The Balaban J connectivity index is 1.39. The van der Waals surface area contributed by atoms with Crippen molar-refractivity contribution in [2.24, 2.45) is 16.2 Å². The monoisotopic (exact) mass is 389 g/mol. The fourth-order valence-corrected chi connectivity index (χ4v) is 5.73. The van der Waals surface area contributed by atoms with Crippen molar-refractivity contribution >= 4 is 21.8 Å². The molecule has 2 heterocycles. The first-order valence-corrected chi connectivity index (χ1v) is 11.4. The Kier molecular flexibility index (Phi) is 4.97. The molecule has 27 heavy (non-hydrogen) atoms. The Morgan fingerprint density at radius 2 is 1.81 bits per heavy atom. The van der Waals surface area contributed by atoms with Gasteiger partial charge in [-0.2, -0.15) is 8.42 Å². The van der Waals surface area contributed by atoms with Crippen LogP contribution in [0.25, 0.3) is 0 Å². The first-order chi connectivity index (χ1) is 13.0. The van der Waals surface area contributed by atoms with Gasteiger partial charge < -0.3 is 10.2 Å². The van der Waals surface area contributed by atoms with Crippen molar-refractivity contribution in [1.29, 1.82) is 0 Å². The molecule has 1 saturated carbocycles. The number of hydrogen-bond donors (Lipinski definition) is 1. The van der Waals surface area contributed by atoms with Crippen LogP contribution in [0.3, 0.4) is 0 Å². The van der Waals surface area contributed by atoms with Crippen LogP contribution in [0, 0.1) is 11.8 Å². The van der Waals surface area contributed by atoms with Crippen LogP contribution >= 0.6 is 0 Å². The molecule has 0 radical (unpaired) electrons. The highest BCUT2D eigenvalue weighted by Gasteiger charge is 2.35. The van der Waals surface area contributed by atoms with E-state index in [2.05, 4.69) is 16.6 Å². The summed E-state index contributed by atoms with van der Waals surface area (Å²) >= 11 is 0. The lowest BCUT2D eigenvalue weighted by Gasteiger charge is -2.35. The highest BCUT2D eigenvalue weighted by atomic mass is 32.2. The summed E-state index contributed by atoms with van der Waals surface area (Å²) < 4.78 is 28.5. The fourth-order valence-electron chi connectivity index (χ4n) is 4.50. The van der Waals surface area contributed by atoms with Crippen LogP contribution in [-0.2, 0) is 14.8 Å². The minimum atomic E-state index is -3.59. The number of rotatable bonds is 2. The van der Waals surface area contributed by atoms with Crippen molar-refractivity contribution in [1.82, 2.24) is 10.2 Å². The van der Waals surface area contributed by atoms with Gasteiger partial charge in [0, 0.05) is 30.6 Å². The summed E-state index contributed by atoms with van der Waals surface area (Å²) in [6.45, 7) is 3.53. The van der Waals surface area contributed by atoms with E-state index in [0.717, 1.165) is 19.3 Å². The quantitative estimate of drug-likeness (QED) is 0.843. The third-order valence-corrected chi connectivity index (χ3v) is 7.54. The number of amidine groups is 1. The Labute approximate surface area is 161 Å². The number of carbonyl (C=O) groups is 1.